The van der Waals surface area contributed by atoms with E-state index in [9.17, 15) is 4.79 Å². The molecule has 0 aliphatic heterocycles. The van der Waals surface area contributed by atoms with Gasteiger partial charge in [0.25, 0.3) is 0 Å². The second kappa shape index (κ2) is 7.12. The Kier molecular flexibility index (Phi) is 4.42. The van der Waals surface area contributed by atoms with E-state index in [1.54, 1.807) is 30.5 Å². The van der Waals surface area contributed by atoms with Gasteiger partial charge >= 0.3 is 5.63 Å². The Morgan fingerprint density at radius 1 is 1.07 bits per heavy atom. The fourth-order valence-electron chi connectivity index (χ4n) is 3.24. The van der Waals surface area contributed by atoms with Crippen molar-refractivity contribution in [3.63, 3.8) is 0 Å². The van der Waals surface area contributed by atoms with Gasteiger partial charge in [0.1, 0.15) is 11.2 Å². The highest BCUT2D eigenvalue weighted by Crippen LogP contribution is 2.33. The Morgan fingerprint density at radius 3 is 2.70 bits per heavy atom. The summed E-state index contributed by atoms with van der Waals surface area (Å²) in [6.45, 7) is 0. The van der Waals surface area contributed by atoms with Gasteiger partial charge in [0.05, 0.1) is 22.5 Å². The van der Waals surface area contributed by atoms with E-state index in [0.29, 0.717) is 27.1 Å². The van der Waals surface area contributed by atoms with E-state index in [1.807, 2.05) is 24.3 Å². The lowest BCUT2D eigenvalue weighted by molar-refractivity contribution is 0.394. The van der Waals surface area contributed by atoms with Crippen molar-refractivity contribution in [3.8, 4) is 23.3 Å². The number of pyridine rings is 1. The number of nitrogens with zero attached hydrogens (tertiary/aromatic N) is 4. The standard InChI is InChI=1S/C21H12Cl2N4O3/c1-29-16-10-15(27(26-16)19-14(22)7-4-8-24-19)20-25-18-13(21(28)30-20)9-11-5-2-3-6-12(11)17(18)23/h2-10H,1H3. The third-order valence-electron chi connectivity index (χ3n) is 4.64. The maximum absolute atomic E-state index is 12.8. The van der Waals surface area contributed by atoms with Crippen molar-refractivity contribution in [2.45, 2.75) is 0 Å². The summed E-state index contributed by atoms with van der Waals surface area (Å²) in [6.07, 6.45) is 1.58. The Hall–Kier alpha value is -3.42. The van der Waals surface area contributed by atoms with Crippen LogP contribution < -0.4 is 10.4 Å². The van der Waals surface area contributed by atoms with Gasteiger partial charge in [-0.25, -0.2) is 19.4 Å². The summed E-state index contributed by atoms with van der Waals surface area (Å²) in [6, 6.07) is 14.2. The molecular formula is C21H12Cl2N4O3. The lowest BCUT2D eigenvalue weighted by Crippen LogP contribution is -2.07. The van der Waals surface area contributed by atoms with E-state index in [1.165, 1.54) is 11.8 Å². The fraction of sp³-hybridized carbons (Fsp3) is 0.0476. The molecule has 3 aromatic heterocycles. The van der Waals surface area contributed by atoms with Crippen LogP contribution >= 0.6 is 23.2 Å². The van der Waals surface area contributed by atoms with Crippen LogP contribution in [0.3, 0.4) is 0 Å². The first kappa shape index (κ1) is 18.6. The molecule has 0 unspecified atom stereocenters. The van der Waals surface area contributed by atoms with Crippen molar-refractivity contribution in [2.24, 2.45) is 0 Å². The molecule has 3 heterocycles. The minimum atomic E-state index is -0.568. The molecule has 0 aliphatic carbocycles. The number of ether oxygens (including phenoxy) is 1. The maximum atomic E-state index is 12.8. The summed E-state index contributed by atoms with van der Waals surface area (Å²) < 4.78 is 12.2. The molecule has 2 aromatic carbocycles. The summed E-state index contributed by atoms with van der Waals surface area (Å²) in [5.74, 6) is 0.634. The summed E-state index contributed by atoms with van der Waals surface area (Å²) in [4.78, 5) is 21.6. The van der Waals surface area contributed by atoms with Crippen LogP contribution in [0.4, 0.5) is 0 Å². The normalized spacial score (nSPS) is 11.3. The molecule has 148 valence electrons. The summed E-state index contributed by atoms with van der Waals surface area (Å²) >= 11 is 12.9. The maximum Gasteiger partial charge on any atom is 0.347 e. The summed E-state index contributed by atoms with van der Waals surface area (Å²) in [5, 5.41) is 6.95. The number of fused-ring (bicyclic) bond motifs is 2. The van der Waals surface area contributed by atoms with E-state index in [0.717, 1.165) is 10.8 Å². The van der Waals surface area contributed by atoms with Gasteiger partial charge in [-0.05, 0) is 23.6 Å². The molecule has 0 saturated heterocycles. The lowest BCUT2D eigenvalue weighted by atomic mass is 10.1. The van der Waals surface area contributed by atoms with E-state index >= 15 is 0 Å². The molecule has 0 amide bonds. The molecule has 30 heavy (non-hydrogen) atoms. The number of halogens is 2. The number of hydrogen-bond donors (Lipinski definition) is 0. The monoisotopic (exact) mass is 438 g/mol. The number of benzene rings is 2. The number of aromatic nitrogens is 4. The second-order valence-corrected chi connectivity index (χ2v) is 7.19. The second-order valence-electron chi connectivity index (χ2n) is 6.41. The average Bonchev–Trinajstić information content (AvgIpc) is 3.19. The zero-order valence-corrected chi connectivity index (χ0v) is 17.0. The molecule has 7 nitrogen and oxygen atoms in total. The zero-order valence-electron chi connectivity index (χ0n) is 15.5. The van der Waals surface area contributed by atoms with Crippen LogP contribution in [0, 0.1) is 0 Å². The quantitative estimate of drug-likeness (QED) is 0.372. The Bertz CT molecular complexity index is 1490. The first-order valence-electron chi connectivity index (χ1n) is 8.84. The van der Waals surface area contributed by atoms with Crippen LogP contribution in [0.5, 0.6) is 5.88 Å². The van der Waals surface area contributed by atoms with Gasteiger partial charge in [-0.3, -0.25) is 0 Å². The highest BCUT2D eigenvalue weighted by atomic mass is 35.5. The van der Waals surface area contributed by atoms with Gasteiger partial charge < -0.3 is 9.15 Å². The molecule has 0 spiro atoms. The fourth-order valence-corrected chi connectivity index (χ4v) is 3.76. The smallest absolute Gasteiger partial charge is 0.347 e. The van der Waals surface area contributed by atoms with Crippen molar-refractivity contribution in [3.05, 3.63) is 75.2 Å². The van der Waals surface area contributed by atoms with Crippen LogP contribution in [0.15, 0.2) is 63.9 Å². The molecule has 0 N–H and O–H groups in total. The third kappa shape index (κ3) is 2.91. The van der Waals surface area contributed by atoms with E-state index in [4.69, 9.17) is 32.4 Å². The summed E-state index contributed by atoms with van der Waals surface area (Å²) in [5.41, 5.74) is 0.109. The number of hydrogen-bond acceptors (Lipinski definition) is 6. The van der Waals surface area contributed by atoms with E-state index < -0.39 is 5.63 Å². The van der Waals surface area contributed by atoms with Crippen LogP contribution in [-0.4, -0.2) is 26.9 Å². The predicted molar refractivity (Wildman–Crippen MR) is 115 cm³/mol. The largest absolute Gasteiger partial charge is 0.480 e. The molecule has 0 aliphatic rings. The highest BCUT2D eigenvalue weighted by molar-refractivity contribution is 6.40. The first-order valence-corrected chi connectivity index (χ1v) is 9.60. The topological polar surface area (TPSA) is 83.0 Å². The first-order chi connectivity index (χ1) is 14.6. The average molecular weight is 439 g/mol. The molecule has 5 rings (SSSR count). The van der Waals surface area contributed by atoms with Crippen LogP contribution in [0.2, 0.25) is 10.0 Å². The number of rotatable bonds is 3. The Balaban J connectivity index is 1.81. The summed E-state index contributed by atoms with van der Waals surface area (Å²) in [7, 11) is 1.48. The van der Waals surface area contributed by atoms with Crippen molar-refractivity contribution in [1.82, 2.24) is 19.7 Å². The van der Waals surface area contributed by atoms with Gasteiger partial charge in [0, 0.05) is 17.6 Å². The molecule has 0 fully saturated rings. The molecule has 0 radical (unpaired) electrons. The van der Waals surface area contributed by atoms with Crippen molar-refractivity contribution in [1.29, 1.82) is 0 Å². The van der Waals surface area contributed by atoms with Crippen LogP contribution in [-0.2, 0) is 0 Å². The Labute approximate surface area is 179 Å². The van der Waals surface area contributed by atoms with Crippen molar-refractivity contribution < 1.29 is 9.15 Å². The predicted octanol–water partition coefficient (Wildman–Crippen LogP) is 4.90. The van der Waals surface area contributed by atoms with Crippen molar-refractivity contribution >= 4 is 44.9 Å². The Morgan fingerprint density at radius 2 is 1.90 bits per heavy atom. The van der Waals surface area contributed by atoms with Gasteiger partial charge in [-0.1, -0.05) is 47.5 Å². The molecule has 9 heteroatoms. The minimum absolute atomic E-state index is 0.0159. The lowest BCUT2D eigenvalue weighted by Gasteiger charge is -2.08. The molecule has 5 aromatic rings. The molecule has 0 atom stereocenters. The van der Waals surface area contributed by atoms with Gasteiger partial charge in [-0.2, -0.15) is 0 Å². The van der Waals surface area contributed by atoms with Crippen LogP contribution in [0.1, 0.15) is 0 Å². The van der Waals surface area contributed by atoms with Gasteiger partial charge in [0.2, 0.25) is 11.8 Å². The van der Waals surface area contributed by atoms with Crippen LogP contribution in [0.25, 0.3) is 39.1 Å². The molecule has 0 bridgehead atoms. The van der Waals surface area contributed by atoms with E-state index in [2.05, 4.69) is 15.1 Å². The zero-order chi connectivity index (χ0) is 20.8. The van der Waals surface area contributed by atoms with E-state index in [-0.39, 0.29) is 17.2 Å². The highest BCUT2D eigenvalue weighted by Gasteiger charge is 2.21. The van der Waals surface area contributed by atoms with Gasteiger partial charge in [-0.15, -0.1) is 5.10 Å². The third-order valence-corrected chi connectivity index (χ3v) is 5.32. The number of methoxy groups -OCH3 is 1. The minimum Gasteiger partial charge on any atom is -0.480 e. The van der Waals surface area contributed by atoms with Crippen molar-refractivity contribution in [2.75, 3.05) is 7.11 Å². The molecule has 0 saturated carbocycles. The molecular weight excluding hydrogens is 427 g/mol. The van der Waals surface area contributed by atoms with Gasteiger partial charge in [0.15, 0.2) is 5.82 Å². The SMILES string of the molecule is COc1cc(-c2nc3c(Cl)c4ccccc4cc3c(=O)o2)n(-c2ncccc2Cl)n1.